The molecule has 0 fully saturated rings. The maximum absolute atomic E-state index is 5.73. The van der Waals surface area contributed by atoms with Crippen LogP contribution in [0.25, 0.3) is 0 Å². The van der Waals surface area contributed by atoms with Crippen molar-refractivity contribution in [3.63, 3.8) is 0 Å². The summed E-state index contributed by atoms with van der Waals surface area (Å²) < 4.78 is 16.0. The van der Waals surface area contributed by atoms with Crippen LogP contribution in [0.4, 0.5) is 0 Å². The fourth-order valence-electron chi connectivity index (χ4n) is 1.58. The van der Waals surface area contributed by atoms with Gasteiger partial charge in [0.15, 0.2) is 0 Å². The molecule has 0 aliphatic carbocycles. The molecule has 0 aliphatic rings. The highest BCUT2D eigenvalue weighted by Crippen LogP contribution is 2.24. The van der Waals surface area contributed by atoms with Gasteiger partial charge in [0.1, 0.15) is 12.4 Å². The molecule has 0 spiro atoms. The molecule has 1 N–H and O–H groups in total. The van der Waals surface area contributed by atoms with Crippen LogP contribution in [0.1, 0.15) is 18.5 Å². The van der Waals surface area contributed by atoms with Crippen LogP contribution < -0.4 is 10.1 Å². The molecule has 0 radical (unpaired) electrons. The molecule has 0 amide bonds. The zero-order chi connectivity index (χ0) is 13.2. The lowest BCUT2D eigenvalue weighted by atomic mass is 10.1. The second-order valence-electron chi connectivity index (χ2n) is 4.00. The number of para-hydroxylation sites is 1. The van der Waals surface area contributed by atoms with Crippen LogP contribution in [0.2, 0.25) is 0 Å². The second kappa shape index (κ2) is 8.91. The van der Waals surface area contributed by atoms with Crippen molar-refractivity contribution in [3.8, 4) is 5.75 Å². The Morgan fingerprint density at radius 3 is 2.56 bits per heavy atom. The summed E-state index contributed by atoms with van der Waals surface area (Å²) in [6.07, 6.45) is 0. The van der Waals surface area contributed by atoms with E-state index in [2.05, 4.69) is 18.3 Å². The summed E-state index contributed by atoms with van der Waals surface area (Å²) in [5.74, 6) is 0.912. The van der Waals surface area contributed by atoms with Crippen LogP contribution in [0.3, 0.4) is 0 Å². The van der Waals surface area contributed by atoms with Crippen LogP contribution in [-0.2, 0) is 9.47 Å². The number of benzene rings is 1. The summed E-state index contributed by atoms with van der Waals surface area (Å²) in [7, 11) is 3.60. The Bertz CT molecular complexity index is 331. The predicted molar refractivity (Wildman–Crippen MR) is 72.1 cm³/mol. The van der Waals surface area contributed by atoms with Crippen molar-refractivity contribution in [3.05, 3.63) is 29.8 Å². The van der Waals surface area contributed by atoms with Gasteiger partial charge in [0.25, 0.3) is 0 Å². The van der Waals surface area contributed by atoms with E-state index in [1.165, 1.54) is 0 Å². The Morgan fingerprint density at radius 2 is 1.83 bits per heavy atom. The number of hydrogen-bond donors (Lipinski definition) is 1. The SMILES string of the molecule is CNC(C)c1ccccc1OCCOCCOC. The molecular formula is C14H23NO3. The first-order valence-electron chi connectivity index (χ1n) is 6.25. The fraction of sp³-hybridized carbons (Fsp3) is 0.571. The van der Waals surface area contributed by atoms with Gasteiger partial charge in [-0.2, -0.15) is 0 Å². The molecular weight excluding hydrogens is 230 g/mol. The van der Waals surface area contributed by atoms with Crippen molar-refractivity contribution in [1.82, 2.24) is 5.32 Å². The van der Waals surface area contributed by atoms with E-state index in [1.807, 2.05) is 25.2 Å². The van der Waals surface area contributed by atoms with Gasteiger partial charge in [0.2, 0.25) is 0 Å². The fourth-order valence-corrected chi connectivity index (χ4v) is 1.58. The minimum absolute atomic E-state index is 0.274. The van der Waals surface area contributed by atoms with Gasteiger partial charge in [-0.15, -0.1) is 0 Å². The van der Waals surface area contributed by atoms with Crippen molar-refractivity contribution >= 4 is 0 Å². The molecule has 0 saturated heterocycles. The Morgan fingerprint density at radius 1 is 1.11 bits per heavy atom. The summed E-state index contributed by atoms with van der Waals surface area (Å²) in [4.78, 5) is 0. The van der Waals surface area contributed by atoms with Gasteiger partial charge < -0.3 is 19.5 Å². The maximum atomic E-state index is 5.73. The highest BCUT2D eigenvalue weighted by atomic mass is 16.5. The Kier molecular flexibility index (Phi) is 7.41. The van der Waals surface area contributed by atoms with E-state index in [4.69, 9.17) is 14.2 Å². The molecule has 1 aromatic carbocycles. The average Bonchev–Trinajstić information content (AvgIpc) is 2.42. The third-order valence-electron chi connectivity index (χ3n) is 2.74. The van der Waals surface area contributed by atoms with Crippen molar-refractivity contribution < 1.29 is 14.2 Å². The standard InChI is InChI=1S/C14H23NO3/c1-12(15-2)13-6-4-5-7-14(13)18-11-10-17-9-8-16-3/h4-7,12,15H,8-11H2,1-3H3. The largest absolute Gasteiger partial charge is 0.491 e. The molecule has 4 heteroatoms. The second-order valence-corrected chi connectivity index (χ2v) is 4.00. The van der Waals surface area contributed by atoms with E-state index in [9.17, 15) is 0 Å². The normalized spacial score (nSPS) is 12.4. The lowest BCUT2D eigenvalue weighted by Crippen LogP contribution is -2.15. The molecule has 0 heterocycles. The predicted octanol–water partition coefficient (Wildman–Crippen LogP) is 2.01. The summed E-state index contributed by atoms with van der Waals surface area (Å²) in [6, 6.07) is 8.33. The zero-order valence-corrected chi connectivity index (χ0v) is 11.4. The van der Waals surface area contributed by atoms with E-state index in [1.54, 1.807) is 7.11 Å². The van der Waals surface area contributed by atoms with Gasteiger partial charge in [-0.25, -0.2) is 0 Å². The van der Waals surface area contributed by atoms with E-state index in [-0.39, 0.29) is 6.04 Å². The summed E-state index contributed by atoms with van der Waals surface area (Å²) in [6.45, 7) is 4.46. The van der Waals surface area contributed by atoms with Crippen LogP contribution in [0, 0.1) is 0 Å². The number of hydrogen-bond acceptors (Lipinski definition) is 4. The number of nitrogens with one attached hydrogen (secondary N) is 1. The lowest BCUT2D eigenvalue weighted by molar-refractivity contribution is 0.0542. The number of ether oxygens (including phenoxy) is 3. The minimum Gasteiger partial charge on any atom is -0.491 e. The third kappa shape index (κ3) is 5.04. The van der Waals surface area contributed by atoms with Crippen LogP contribution in [0.15, 0.2) is 24.3 Å². The van der Waals surface area contributed by atoms with Gasteiger partial charge in [0, 0.05) is 18.7 Å². The van der Waals surface area contributed by atoms with E-state index in [0.717, 1.165) is 11.3 Å². The smallest absolute Gasteiger partial charge is 0.124 e. The molecule has 1 unspecified atom stereocenters. The topological polar surface area (TPSA) is 39.7 Å². The van der Waals surface area contributed by atoms with Gasteiger partial charge in [-0.3, -0.25) is 0 Å². The Balaban J connectivity index is 2.37. The molecule has 102 valence electrons. The van der Waals surface area contributed by atoms with E-state index < -0.39 is 0 Å². The van der Waals surface area contributed by atoms with Crippen molar-refractivity contribution in [2.45, 2.75) is 13.0 Å². The van der Waals surface area contributed by atoms with Gasteiger partial charge >= 0.3 is 0 Å². The summed E-state index contributed by atoms with van der Waals surface area (Å²) in [5.41, 5.74) is 1.16. The molecule has 0 aliphatic heterocycles. The van der Waals surface area contributed by atoms with Crippen LogP contribution >= 0.6 is 0 Å². The number of rotatable bonds is 9. The van der Waals surface area contributed by atoms with E-state index in [0.29, 0.717) is 26.4 Å². The molecule has 18 heavy (non-hydrogen) atoms. The molecule has 1 aromatic rings. The van der Waals surface area contributed by atoms with Gasteiger partial charge in [-0.1, -0.05) is 18.2 Å². The van der Waals surface area contributed by atoms with Crippen LogP contribution in [0.5, 0.6) is 5.75 Å². The monoisotopic (exact) mass is 253 g/mol. The first-order chi connectivity index (χ1) is 8.79. The van der Waals surface area contributed by atoms with Gasteiger partial charge in [-0.05, 0) is 20.0 Å². The van der Waals surface area contributed by atoms with Gasteiger partial charge in [0.05, 0.1) is 19.8 Å². The highest BCUT2D eigenvalue weighted by molar-refractivity contribution is 5.35. The zero-order valence-electron chi connectivity index (χ0n) is 11.4. The first kappa shape index (κ1) is 15.0. The minimum atomic E-state index is 0.274. The molecule has 0 saturated carbocycles. The summed E-state index contributed by atoms with van der Waals surface area (Å²) in [5, 5.41) is 3.21. The van der Waals surface area contributed by atoms with Crippen molar-refractivity contribution in [1.29, 1.82) is 0 Å². The van der Waals surface area contributed by atoms with Crippen LogP contribution in [-0.4, -0.2) is 40.6 Å². The highest BCUT2D eigenvalue weighted by Gasteiger charge is 2.08. The third-order valence-corrected chi connectivity index (χ3v) is 2.74. The Labute approximate surface area is 109 Å². The van der Waals surface area contributed by atoms with E-state index >= 15 is 0 Å². The van der Waals surface area contributed by atoms with Crippen molar-refractivity contribution in [2.75, 3.05) is 40.6 Å². The Hall–Kier alpha value is -1.10. The quantitative estimate of drug-likeness (QED) is 0.683. The summed E-state index contributed by atoms with van der Waals surface area (Å²) >= 11 is 0. The maximum Gasteiger partial charge on any atom is 0.124 e. The molecule has 1 atom stereocenters. The first-order valence-corrected chi connectivity index (χ1v) is 6.25. The molecule has 1 rings (SSSR count). The molecule has 0 aromatic heterocycles. The van der Waals surface area contributed by atoms with Crippen molar-refractivity contribution in [2.24, 2.45) is 0 Å². The molecule has 4 nitrogen and oxygen atoms in total. The lowest BCUT2D eigenvalue weighted by Gasteiger charge is -2.16. The molecule has 0 bridgehead atoms. The average molecular weight is 253 g/mol. The number of methoxy groups -OCH3 is 1.